The summed E-state index contributed by atoms with van der Waals surface area (Å²) < 4.78 is 43.1. The highest BCUT2D eigenvalue weighted by atomic mass is 19.4. The molecule has 0 amide bonds. The number of nitrogens with zero attached hydrogens (tertiary/aromatic N) is 4. The monoisotopic (exact) mass is 534 g/mol. The zero-order valence-corrected chi connectivity index (χ0v) is 22.2. The van der Waals surface area contributed by atoms with Crippen LogP contribution in [0.3, 0.4) is 0 Å². The first-order valence-corrected chi connectivity index (χ1v) is 13.5. The topological polar surface area (TPSA) is 67.7 Å². The number of nitrogens with one attached hydrogen (secondary N) is 2. The van der Waals surface area contributed by atoms with Crippen LogP contribution in [0.2, 0.25) is 0 Å². The van der Waals surface area contributed by atoms with Crippen molar-refractivity contribution in [2.45, 2.75) is 57.8 Å². The van der Waals surface area contributed by atoms with Gasteiger partial charge in [-0.05, 0) is 63.0 Å². The van der Waals surface area contributed by atoms with Crippen LogP contribution in [0.15, 0.2) is 66.9 Å². The Bertz CT molecular complexity index is 1390. The second-order valence-corrected chi connectivity index (χ2v) is 9.96. The van der Waals surface area contributed by atoms with Crippen molar-refractivity contribution < 1.29 is 13.2 Å². The molecule has 2 N–H and O–H groups in total. The van der Waals surface area contributed by atoms with Gasteiger partial charge in [0.1, 0.15) is 5.82 Å². The minimum Gasteiger partial charge on any atom is -0.348 e. The molecule has 3 heterocycles. The summed E-state index contributed by atoms with van der Waals surface area (Å²) in [5, 5.41) is 6.76. The van der Waals surface area contributed by atoms with Crippen molar-refractivity contribution in [3.05, 3.63) is 83.8 Å². The Morgan fingerprint density at radius 2 is 1.79 bits per heavy atom. The zero-order chi connectivity index (χ0) is 27.4. The van der Waals surface area contributed by atoms with E-state index in [1.54, 1.807) is 12.3 Å². The van der Waals surface area contributed by atoms with Gasteiger partial charge in [0.25, 0.3) is 0 Å². The van der Waals surface area contributed by atoms with Crippen molar-refractivity contribution in [3.63, 3.8) is 0 Å². The Balaban J connectivity index is 1.63. The van der Waals surface area contributed by atoms with Crippen LogP contribution in [0.1, 0.15) is 62.0 Å². The molecule has 1 aliphatic rings. The average Bonchev–Trinajstić information content (AvgIpc) is 3.33. The predicted molar refractivity (Wildman–Crippen MR) is 147 cm³/mol. The molecular formula is C30H33F3N6. The van der Waals surface area contributed by atoms with Crippen LogP contribution in [0.5, 0.6) is 0 Å². The van der Waals surface area contributed by atoms with Gasteiger partial charge in [0, 0.05) is 24.2 Å². The summed E-state index contributed by atoms with van der Waals surface area (Å²) in [6.07, 6.45) is -0.0588. The summed E-state index contributed by atoms with van der Waals surface area (Å²) in [5.74, 6) is 1.58. The summed E-state index contributed by atoms with van der Waals surface area (Å²) >= 11 is 0. The summed E-state index contributed by atoms with van der Waals surface area (Å²) in [6, 6.07) is 17.2. The number of alkyl halides is 3. The second kappa shape index (κ2) is 11.6. The first-order chi connectivity index (χ1) is 18.8. The lowest BCUT2D eigenvalue weighted by Gasteiger charge is -2.23. The minimum atomic E-state index is -4.44. The van der Waals surface area contributed by atoms with Gasteiger partial charge >= 0.3 is 6.18 Å². The van der Waals surface area contributed by atoms with Gasteiger partial charge in [0.15, 0.2) is 0 Å². The molecule has 2 aromatic carbocycles. The van der Waals surface area contributed by atoms with Crippen molar-refractivity contribution in [1.29, 1.82) is 0 Å². The fourth-order valence-corrected chi connectivity index (χ4v) is 5.19. The molecule has 0 bridgehead atoms. The SMILES string of the molecule is CCCn1c(C2CCNCC2)nc(-c2cccc(C(F)(F)F)c2)c1-c1ccnc(NC(C)c2ccccc2)n1. The normalized spacial score (nSPS) is 15.3. The number of benzene rings is 2. The van der Waals surface area contributed by atoms with Gasteiger partial charge in [-0.15, -0.1) is 0 Å². The largest absolute Gasteiger partial charge is 0.416 e. The summed E-state index contributed by atoms with van der Waals surface area (Å²) in [5.41, 5.74) is 2.70. The third-order valence-electron chi connectivity index (χ3n) is 7.16. The molecule has 1 fully saturated rings. The minimum absolute atomic E-state index is 0.0322. The van der Waals surface area contributed by atoms with Crippen molar-refractivity contribution >= 4 is 5.95 Å². The van der Waals surface area contributed by atoms with E-state index in [9.17, 15) is 13.2 Å². The lowest BCUT2D eigenvalue weighted by atomic mass is 9.97. The van der Waals surface area contributed by atoms with Crippen molar-refractivity contribution in [2.75, 3.05) is 18.4 Å². The maximum Gasteiger partial charge on any atom is 0.416 e. The van der Waals surface area contributed by atoms with Crippen molar-refractivity contribution in [2.24, 2.45) is 0 Å². The molecule has 4 aromatic rings. The number of rotatable bonds is 8. The van der Waals surface area contributed by atoms with E-state index in [0.717, 1.165) is 55.5 Å². The maximum absolute atomic E-state index is 13.7. The van der Waals surface area contributed by atoms with E-state index in [1.165, 1.54) is 12.1 Å². The zero-order valence-electron chi connectivity index (χ0n) is 22.2. The van der Waals surface area contributed by atoms with E-state index < -0.39 is 11.7 Å². The van der Waals surface area contributed by atoms with E-state index in [0.29, 0.717) is 29.4 Å². The Labute approximate surface area is 226 Å². The number of anilines is 1. The number of halogens is 3. The molecule has 1 unspecified atom stereocenters. The van der Waals surface area contributed by atoms with Gasteiger partial charge < -0.3 is 15.2 Å². The highest BCUT2D eigenvalue weighted by Crippen LogP contribution is 2.39. The van der Waals surface area contributed by atoms with Gasteiger partial charge in [0.05, 0.1) is 28.7 Å². The fourth-order valence-electron chi connectivity index (χ4n) is 5.19. The lowest BCUT2D eigenvalue weighted by Crippen LogP contribution is -2.28. The third kappa shape index (κ3) is 5.98. The molecule has 0 spiro atoms. The number of aromatic nitrogens is 4. The van der Waals surface area contributed by atoms with E-state index in [1.807, 2.05) is 43.3 Å². The van der Waals surface area contributed by atoms with Gasteiger partial charge in [-0.3, -0.25) is 0 Å². The highest BCUT2D eigenvalue weighted by molar-refractivity contribution is 5.78. The molecular weight excluding hydrogens is 501 g/mol. The van der Waals surface area contributed by atoms with Crippen LogP contribution >= 0.6 is 0 Å². The highest BCUT2D eigenvalue weighted by Gasteiger charge is 2.32. The van der Waals surface area contributed by atoms with Crippen molar-refractivity contribution in [3.8, 4) is 22.6 Å². The number of hydrogen-bond acceptors (Lipinski definition) is 5. The van der Waals surface area contributed by atoms with Gasteiger partial charge in [-0.1, -0.05) is 49.4 Å². The number of hydrogen-bond donors (Lipinski definition) is 2. The van der Waals surface area contributed by atoms with Crippen LogP contribution in [0.25, 0.3) is 22.6 Å². The Morgan fingerprint density at radius 3 is 2.51 bits per heavy atom. The molecule has 0 aliphatic carbocycles. The fraction of sp³-hybridized carbons (Fsp3) is 0.367. The van der Waals surface area contributed by atoms with Crippen LogP contribution < -0.4 is 10.6 Å². The Kier molecular flexibility index (Phi) is 7.97. The molecule has 204 valence electrons. The second-order valence-electron chi connectivity index (χ2n) is 9.96. The Morgan fingerprint density at radius 1 is 1.03 bits per heavy atom. The van der Waals surface area contributed by atoms with Crippen LogP contribution in [0, 0.1) is 0 Å². The van der Waals surface area contributed by atoms with E-state index >= 15 is 0 Å². The quantitative estimate of drug-likeness (QED) is 0.253. The molecule has 1 atom stereocenters. The smallest absolute Gasteiger partial charge is 0.348 e. The third-order valence-corrected chi connectivity index (χ3v) is 7.16. The van der Waals surface area contributed by atoms with E-state index in [4.69, 9.17) is 9.97 Å². The molecule has 9 heteroatoms. The van der Waals surface area contributed by atoms with Gasteiger partial charge in [0.2, 0.25) is 5.95 Å². The Hall–Kier alpha value is -3.72. The first-order valence-electron chi connectivity index (χ1n) is 13.5. The predicted octanol–water partition coefficient (Wildman–Crippen LogP) is 7.08. The molecule has 2 aromatic heterocycles. The summed E-state index contributed by atoms with van der Waals surface area (Å²) in [7, 11) is 0. The van der Waals surface area contributed by atoms with E-state index in [-0.39, 0.29) is 12.0 Å². The lowest BCUT2D eigenvalue weighted by molar-refractivity contribution is -0.137. The number of imidazole rings is 1. The van der Waals surface area contributed by atoms with Crippen LogP contribution in [0.4, 0.5) is 19.1 Å². The summed E-state index contributed by atoms with van der Waals surface area (Å²) in [6.45, 7) is 6.59. The maximum atomic E-state index is 13.7. The van der Waals surface area contributed by atoms with Gasteiger partial charge in [-0.2, -0.15) is 13.2 Å². The molecule has 1 saturated heterocycles. The molecule has 6 nitrogen and oxygen atoms in total. The standard InChI is InChI=1S/C30H33F3N6/c1-3-18-39-27(25-14-17-35-29(37-25)36-20(2)21-8-5-4-6-9-21)26(38-28(39)22-12-15-34-16-13-22)23-10-7-11-24(19-23)30(31,32)33/h4-11,14,17,19-20,22,34H,3,12-13,15-16,18H2,1-2H3,(H,35,36,37). The van der Waals surface area contributed by atoms with Crippen LogP contribution in [-0.2, 0) is 12.7 Å². The van der Waals surface area contributed by atoms with Gasteiger partial charge in [-0.25, -0.2) is 15.0 Å². The van der Waals surface area contributed by atoms with E-state index in [2.05, 4.69) is 27.1 Å². The summed E-state index contributed by atoms with van der Waals surface area (Å²) in [4.78, 5) is 14.3. The average molecular weight is 535 g/mol. The molecule has 39 heavy (non-hydrogen) atoms. The molecule has 0 saturated carbocycles. The number of piperidine rings is 1. The molecule has 5 rings (SSSR count). The van der Waals surface area contributed by atoms with Crippen LogP contribution in [-0.4, -0.2) is 32.6 Å². The van der Waals surface area contributed by atoms with Crippen molar-refractivity contribution in [1.82, 2.24) is 24.8 Å². The molecule has 1 aliphatic heterocycles. The first kappa shape index (κ1) is 26.9. The molecule has 0 radical (unpaired) electrons.